The number of carbonyl (C=O) groups excluding carboxylic acids is 1. The van der Waals surface area contributed by atoms with Gasteiger partial charge in [-0.2, -0.15) is 0 Å². The summed E-state index contributed by atoms with van der Waals surface area (Å²) >= 11 is 9.04. The van der Waals surface area contributed by atoms with Crippen molar-refractivity contribution in [2.75, 3.05) is 5.32 Å². The van der Waals surface area contributed by atoms with E-state index < -0.39 is 0 Å². The second kappa shape index (κ2) is 5.37. The summed E-state index contributed by atoms with van der Waals surface area (Å²) in [7, 11) is 0. The summed E-state index contributed by atoms with van der Waals surface area (Å²) in [6.45, 7) is 0. The van der Waals surface area contributed by atoms with Gasteiger partial charge in [0.05, 0.1) is 21.4 Å². The SMILES string of the molecule is O=C(Nc1cnccc1Cl)c1ccc(Br)c(O)c1. The Morgan fingerprint density at radius 3 is 2.83 bits per heavy atom. The van der Waals surface area contributed by atoms with Crippen molar-refractivity contribution in [3.05, 3.63) is 51.7 Å². The lowest BCUT2D eigenvalue weighted by Crippen LogP contribution is -2.12. The molecule has 1 heterocycles. The van der Waals surface area contributed by atoms with Crippen LogP contribution in [0, 0.1) is 0 Å². The van der Waals surface area contributed by atoms with Crippen LogP contribution in [0.2, 0.25) is 5.02 Å². The molecule has 6 heteroatoms. The van der Waals surface area contributed by atoms with Gasteiger partial charge >= 0.3 is 0 Å². The summed E-state index contributed by atoms with van der Waals surface area (Å²) in [6, 6.07) is 6.12. The Morgan fingerprint density at radius 1 is 1.39 bits per heavy atom. The van der Waals surface area contributed by atoms with E-state index in [1.54, 1.807) is 18.2 Å². The van der Waals surface area contributed by atoms with E-state index >= 15 is 0 Å². The van der Waals surface area contributed by atoms with Crippen LogP contribution >= 0.6 is 27.5 Å². The number of phenols is 1. The average molecular weight is 328 g/mol. The van der Waals surface area contributed by atoms with Crippen molar-refractivity contribution in [1.82, 2.24) is 4.98 Å². The Morgan fingerprint density at radius 2 is 2.17 bits per heavy atom. The first-order chi connectivity index (χ1) is 8.58. The minimum Gasteiger partial charge on any atom is -0.507 e. The number of aromatic hydroxyl groups is 1. The molecule has 0 atom stereocenters. The van der Waals surface area contributed by atoms with Gasteiger partial charge < -0.3 is 10.4 Å². The highest BCUT2D eigenvalue weighted by Crippen LogP contribution is 2.25. The van der Waals surface area contributed by atoms with Crippen LogP contribution in [0.15, 0.2) is 41.1 Å². The van der Waals surface area contributed by atoms with Gasteiger partial charge in [-0.15, -0.1) is 0 Å². The molecule has 4 nitrogen and oxygen atoms in total. The predicted molar refractivity (Wildman–Crippen MR) is 73.0 cm³/mol. The number of nitrogens with one attached hydrogen (secondary N) is 1. The standard InChI is InChI=1S/C12H8BrClN2O2/c13-8-2-1-7(5-11(8)17)12(18)16-10-6-15-4-3-9(10)14/h1-6,17H,(H,16,18). The number of anilines is 1. The van der Waals surface area contributed by atoms with Crippen LogP contribution in [0.25, 0.3) is 0 Å². The molecule has 92 valence electrons. The number of hydrogen-bond acceptors (Lipinski definition) is 3. The molecule has 0 spiro atoms. The summed E-state index contributed by atoms with van der Waals surface area (Å²) in [5.74, 6) is -0.368. The molecule has 0 aliphatic rings. The van der Waals surface area contributed by atoms with Gasteiger partial charge in [0.15, 0.2) is 0 Å². The number of aromatic nitrogens is 1. The van der Waals surface area contributed by atoms with Crippen molar-refractivity contribution in [3.63, 3.8) is 0 Å². The van der Waals surface area contributed by atoms with Gasteiger partial charge in [0.1, 0.15) is 5.75 Å². The van der Waals surface area contributed by atoms with Crippen LogP contribution in [-0.2, 0) is 0 Å². The van der Waals surface area contributed by atoms with Crippen LogP contribution in [0.5, 0.6) is 5.75 Å². The Bertz CT molecular complexity index is 604. The lowest BCUT2D eigenvalue weighted by molar-refractivity contribution is 0.102. The van der Waals surface area contributed by atoms with Crippen molar-refractivity contribution in [1.29, 1.82) is 0 Å². The maximum absolute atomic E-state index is 11.9. The molecular weight excluding hydrogens is 320 g/mol. The van der Waals surface area contributed by atoms with Crippen molar-refractivity contribution in [3.8, 4) is 5.75 Å². The maximum Gasteiger partial charge on any atom is 0.255 e. The molecule has 0 aliphatic heterocycles. The van der Waals surface area contributed by atoms with E-state index in [0.717, 1.165) is 0 Å². The maximum atomic E-state index is 11.9. The number of hydrogen-bond donors (Lipinski definition) is 2. The molecule has 0 bridgehead atoms. The van der Waals surface area contributed by atoms with E-state index in [0.29, 0.717) is 20.7 Å². The molecule has 18 heavy (non-hydrogen) atoms. The van der Waals surface area contributed by atoms with Gasteiger partial charge in [-0.25, -0.2) is 0 Å². The van der Waals surface area contributed by atoms with Gasteiger partial charge in [-0.3, -0.25) is 9.78 Å². The zero-order valence-corrected chi connectivity index (χ0v) is 11.4. The molecule has 0 saturated heterocycles. The van der Waals surface area contributed by atoms with Crippen LogP contribution in [0.1, 0.15) is 10.4 Å². The van der Waals surface area contributed by atoms with Crippen molar-refractivity contribution in [2.24, 2.45) is 0 Å². The van der Waals surface area contributed by atoms with E-state index in [1.807, 2.05) is 0 Å². The molecule has 2 aromatic rings. The third kappa shape index (κ3) is 2.80. The minimum atomic E-state index is -0.368. The monoisotopic (exact) mass is 326 g/mol. The van der Waals surface area contributed by atoms with Crippen LogP contribution in [-0.4, -0.2) is 16.0 Å². The molecule has 0 aliphatic carbocycles. The van der Waals surface area contributed by atoms with Crippen LogP contribution < -0.4 is 5.32 Å². The first kappa shape index (κ1) is 12.9. The second-order valence-corrected chi connectivity index (χ2v) is 4.74. The Kier molecular flexibility index (Phi) is 3.84. The summed E-state index contributed by atoms with van der Waals surface area (Å²) in [5, 5.41) is 12.5. The molecule has 0 saturated carbocycles. The molecule has 0 unspecified atom stereocenters. The fourth-order valence-corrected chi connectivity index (χ4v) is 1.72. The average Bonchev–Trinajstić information content (AvgIpc) is 2.35. The quantitative estimate of drug-likeness (QED) is 0.888. The van der Waals surface area contributed by atoms with Crippen molar-refractivity contribution < 1.29 is 9.90 Å². The Labute approximate surface area is 117 Å². The first-order valence-electron chi connectivity index (χ1n) is 4.97. The third-order valence-corrected chi connectivity index (χ3v) is 3.22. The highest BCUT2D eigenvalue weighted by Gasteiger charge is 2.10. The van der Waals surface area contributed by atoms with Gasteiger partial charge in [0.2, 0.25) is 0 Å². The van der Waals surface area contributed by atoms with Gasteiger partial charge in [-0.1, -0.05) is 11.6 Å². The van der Waals surface area contributed by atoms with E-state index in [4.69, 9.17) is 11.6 Å². The normalized spacial score (nSPS) is 10.1. The van der Waals surface area contributed by atoms with Crippen LogP contribution in [0.4, 0.5) is 5.69 Å². The number of pyridine rings is 1. The molecule has 1 aromatic heterocycles. The molecule has 0 fully saturated rings. The Hall–Kier alpha value is -1.59. The fraction of sp³-hybridized carbons (Fsp3) is 0. The molecule has 1 aromatic carbocycles. The van der Waals surface area contributed by atoms with E-state index in [9.17, 15) is 9.90 Å². The van der Waals surface area contributed by atoms with E-state index in [2.05, 4.69) is 26.2 Å². The number of phenolic OH excluding ortho intramolecular Hbond substituents is 1. The second-order valence-electron chi connectivity index (χ2n) is 3.48. The van der Waals surface area contributed by atoms with Crippen molar-refractivity contribution in [2.45, 2.75) is 0 Å². The number of nitrogens with zero attached hydrogens (tertiary/aromatic N) is 1. The van der Waals surface area contributed by atoms with Gasteiger partial charge in [0, 0.05) is 11.8 Å². The lowest BCUT2D eigenvalue weighted by Gasteiger charge is -2.07. The van der Waals surface area contributed by atoms with Gasteiger partial charge in [0.25, 0.3) is 5.91 Å². The number of benzene rings is 1. The highest BCUT2D eigenvalue weighted by molar-refractivity contribution is 9.10. The first-order valence-corrected chi connectivity index (χ1v) is 6.14. The number of halogens is 2. The third-order valence-electron chi connectivity index (χ3n) is 2.22. The molecule has 2 rings (SSSR count). The topological polar surface area (TPSA) is 62.2 Å². The zero-order chi connectivity index (χ0) is 13.1. The Balaban J connectivity index is 2.22. The summed E-state index contributed by atoms with van der Waals surface area (Å²) in [5.41, 5.74) is 0.752. The number of carbonyl (C=O) groups is 1. The summed E-state index contributed by atoms with van der Waals surface area (Å²) < 4.78 is 0.526. The fourth-order valence-electron chi connectivity index (χ4n) is 1.32. The highest BCUT2D eigenvalue weighted by atomic mass is 79.9. The predicted octanol–water partition coefficient (Wildman–Crippen LogP) is 3.46. The summed E-state index contributed by atoms with van der Waals surface area (Å²) in [6.07, 6.45) is 2.99. The largest absolute Gasteiger partial charge is 0.507 e. The number of amides is 1. The van der Waals surface area contributed by atoms with E-state index in [-0.39, 0.29) is 11.7 Å². The van der Waals surface area contributed by atoms with Gasteiger partial charge in [-0.05, 0) is 40.2 Å². The smallest absolute Gasteiger partial charge is 0.255 e. The van der Waals surface area contributed by atoms with Crippen molar-refractivity contribution >= 4 is 39.1 Å². The minimum absolute atomic E-state index is 0.0000615. The molecule has 2 N–H and O–H groups in total. The summed E-state index contributed by atoms with van der Waals surface area (Å²) in [4.78, 5) is 15.8. The molecule has 1 amide bonds. The van der Waals surface area contributed by atoms with E-state index in [1.165, 1.54) is 18.5 Å². The molecule has 0 radical (unpaired) electrons. The zero-order valence-electron chi connectivity index (χ0n) is 9.02. The molecular formula is C12H8BrClN2O2. The van der Waals surface area contributed by atoms with Crippen LogP contribution in [0.3, 0.4) is 0 Å². The lowest BCUT2D eigenvalue weighted by atomic mass is 10.2. The number of rotatable bonds is 2.